The van der Waals surface area contributed by atoms with Gasteiger partial charge in [0.05, 0.1) is 6.42 Å². The SMILES string of the molecule is C=[N+](CC1COc2ccccc2O1)C(=O)Cc1ccc(-c2ccccc2)cc1. The van der Waals surface area contributed by atoms with Crippen LogP contribution in [0.5, 0.6) is 11.5 Å². The molecule has 28 heavy (non-hydrogen) atoms. The zero-order valence-electron chi connectivity index (χ0n) is 15.6. The number of fused-ring (bicyclic) bond motifs is 1. The predicted molar refractivity (Wildman–Crippen MR) is 109 cm³/mol. The first kappa shape index (κ1) is 18.0. The number of amides is 1. The van der Waals surface area contributed by atoms with Gasteiger partial charge >= 0.3 is 5.91 Å². The molecule has 0 radical (unpaired) electrons. The molecule has 0 aliphatic carbocycles. The Balaban J connectivity index is 1.34. The van der Waals surface area contributed by atoms with E-state index >= 15 is 0 Å². The molecule has 1 amide bonds. The first-order chi connectivity index (χ1) is 13.7. The molecule has 0 saturated heterocycles. The van der Waals surface area contributed by atoms with Gasteiger partial charge in [-0.05, 0) is 28.8 Å². The smallest absolute Gasteiger partial charge is 0.390 e. The van der Waals surface area contributed by atoms with E-state index in [4.69, 9.17) is 9.47 Å². The molecule has 0 saturated carbocycles. The van der Waals surface area contributed by atoms with Crippen molar-refractivity contribution < 1.29 is 18.8 Å². The molecule has 0 fully saturated rings. The van der Waals surface area contributed by atoms with Crippen molar-refractivity contribution in [2.75, 3.05) is 13.2 Å². The minimum absolute atomic E-state index is 0.0464. The second kappa shape index (κ2) is 8.09. The predicted octanol–water partition coefficient (Wildman–Crippen LogP) is 3.98. The van der Waals surface area contributed by atoms with Crippen molar-refractivity contribution in [1.82, 2.24) is 0 Å². The fourth-order valence-electron chi connectivity index (χ4n) is 3.23. The molecular weight excluding hydrogens is 350 g/mol. The van der Waals surface area contributed by atoms with Gasteiger partial charge in [0, 0.05) is 0 Å². The molecule has 140 valence electrons. The van der Waals surface area contributed by atoms with Crippen LogP contribution in [0.25, 0.3) is 11.1 Å². The average molecular weight is 372 g/mol. The van der Waals surface area contributed by atoms with Gasteiger partial charge in [0.15, 0.2) is 24.1 Å². The molecule has 1 aliphatic rings. The van der Waals surface area contributed by atoms with Gasteiger partial charge < -0.3 is 9.47 Å². The van der Waals surface area contributed by atoms with E-state index in [1.54, 1.807) is 0 Å². The summed E-state index contributed by atoms with van der Waals surface area (Å²) in [7, 11) is 0. The molecule has 0 N–H and O–H groups in total. The molecule has 0 spiro atoms. The minimum atomic E-state index is -0.225. The lowest BCUT2D eigenvalue weighted by Crippen LogP contribution is -2.39. The van der Waals surface area contributed by atoms with Crippen LogP contribution in [0.4, 0.5) is 0 Å². The summed E-state index contributed by atoms with van der Waals surface area (Å²) in [5.74, 6) is 1.39. The van der Waals surface area contributed by atoms with Crippen LogP contribution >= 0.6 is 0 Å². The second-order valence-corrected chi connectivity index (χ2v) is 6.85. The van der Waals surface area contributed by atoms with Crippen molar-refractivity contribution in [2.45, 2.75) is 12.5 Å². The molecule has 1 heterocycles. The highest BCUT2D eigenvalue weighted by Crippen LogP contribution is 2.30. The third-order valence-corrected chi connectivity index (χ3v) is 4.76. The molecule has 1 aliphatic heterocycles. The molecule has 0 bridgehead atoms. The molecule has 3 aromatic carbocycles. The van der Waals surface area contributed by atoms with Crippen molar-refractivity contribution in [1.29, 1.82) is 0 Å². The molecule has 1 atom stereocenters. The van der Waals surface area contributed by atoms with Crippen LogP contribution in [0.2, 0.25) is 0 Å². The zero-order chi connectivity index (χ0) is 19.3. The van der Waals surface area contributed by atoms with E-state index in [1.807, 2.05) is 66.7 Å². The normalized spacial score (nSPS) is 15.1. The van der Waals surface area contributed by atoms with Gasteiger partial charge in [0.2, 0.25) is 0 Å². The van der Waals surface area contributed by atoms with Crippen LogP contribution in [0.3, 0.4) is 0 Å². The molecule has 3 aromatic rings. The van der Waals surface area contributed by atoms with Crippen LogP contribution in [0, 0.1) is 0 Å². The maximum absolute atomic E-state index is 12.6. The summed E-state index contributed by atoms with van der Waals surface area (Å²) in [4.78, 5) is 12.6. The standard InChI is InChI=1S/C24H22NO3/c1-25(16-21-17-27-22-9-5-6-10-23(22)28-21)24(26)15-18-11-13-20(14-12-18)19-7-3-2-4-8-19/h2-14,21H,1,15-17H2/q+1. The number of ether oxygens (including phenoxy) is 2. The molecule has 4 heteroatoms. The third kappa shape index (κ3) is 4.12. The highest BCUT2D eigenvalue weighted by Gasteiger charge is 2.27. The summed E-state index contributed by atoms with van der Waals surface area (Å²) in [5, 5.41) is 0. The Hall–Kier alpha value is -3.40. The Labute approximate surface area is 164 Å². The van der Waals surface area contributed by atoms with Crippen molar-refractivity contribution >= 4 is 12.6 Å². The van der Waals surface area contributed by atoms with E-state index in [0.717, 1.165) is 22.4 Å². The van der Waals surface area contributed by atoms with Crippen LogP contribution in [-0.2, 0) is 11.2 Å². The second-order valence-electron chi connectivity index (χ2n) is 6.85. The Morgan fingerprint density at radius 1 is 0.893 bits per heavy atom. The van der Waals surface area contributed by atoms with Gasteiger partial charge in [-0.25, -0.2) is 4.79 Å². The van der Waals surface area contributed by atoms with E-state index in [-0.39, 0.29) is 12.0 Å². The monoisotopic (exact) mass is 372 g/mol. The number of benzene rings is 3. The fraction of sp³-hybridized carbons (Fsp3) is 0.167. The van der Waals surface area contributed by atoms with Gasteiger partial charge in [-0.1, -0.05) is 66.7 Å². The lowest BCUT2D eigenvalue weighted by molar-refractivity contribution is -0.451. The number of para-hydroxylation sites is 2. The molecule has 0 aromatic heterocycles. The highest BCUT2D eigenvalue weighted by atomic mass is 16.6. The van der Waals surface area contributed by atoms with Crippen LogP contribution in [-0.4, -0.2) is 36.5 Å². The number of hydrogen-bond acceptors (Lipinski definition) is 3. The maximum atomic E-state index is 12.6. The summed E-state index contributed by atoms with van der Waals surface area (Å²) >= 11 is 0. The summed E-state index contributed by atoms with van der Waals surface area (Å²) < 4.78 is 13.1. The maximum Gasteiger partial charge on any atom is 0.390 e. The van der Waals surface area contributed by atoms with Crippen molar-refractivity contribution in [3.05, 3.63) is 84.4 Å². The first-order valence-electron chi connectivity index (χ1n) is 9.33. The lowest BCUT2D eigenvalue weighted by atomic mass is 10.0. The number of carbonyl (C=O) groups excluding carboxylic acids is 1. The van der Waals surface area contributed by atoms with E-state index in [0.29, 0.717) is 25.3 Å². The number of rotatable bonds is 5. The van der Waals surface area contributed by atoms with E-state index in [1.165, 1.54) is 4.58 Å². The molecule has 4 nitrogen and oxygen atoms in total. The molecule has 4 rings (SSSR count). The van der Waals surface area contributed by atoms with E-state index in [9.17, 15) is 4.79 Å². The Bertz CT molecular complexity index is 980. The highest BCUT2D eigenvalue weighted by molar-refractivity contribution is 5.73. The Kier molecular flexibility index (Phi) is 5.20. The summed E-state index contributed by atoms with van der Waals surface area (Å²) in [6.45, 7) is 4.69. The summed E-state index contributed by atoms with van der Waals surface area (Å²) in [6, 6.07) is 25.8. The van der Waals surface area contributed by atoms with Crippen LogP contribution in [0.15, 0.2) is 78.9 Å². The quantitative estimate of drug-likeness (QED) is 0.502. The van der Waals surface area contributed by atoms with Gasteiger partial charge in [0.1, 0.15) is 13.3 Å². The van der Waals surface area contributed by atoms with E-state index < -0.39 is 0 Å². The van der Waals surface area contributed by atoms with Crippen molar-refractivity contribution in [2.24, 2.45) is 0 Å². The topological polar surface area (TPSA) is 38.5 Å². The van der Waals surface area contributed by atoms with Gasteiger partial charge in [0.25, 0.3) is 0 Å². The van der Waals surface area contributed by atoms with Crippen LogP contribution < -0.4 is 9.47 Å². The fourth-order valence-corrected chi connectivity index (χ4v) is 3.23. The van der Waals surface area contributed by atoms with Gasteiger partial charge in [-0.15, -0.1) is 0 Å². The largest absolute Gasteiger partial charge is 0.486 e. The summed E-state index contributed by atoms with van der Waals surface area (Å²) in [5.41, 5.74) is 3.26. The first-order valence-corrected chi connectivity index (χ1v) is 9.33. The summed E-state index contributed by atoms with van der Waals surface area (Å²) in [6.07, 6.45) is 0.0831. The molecular formula is C24H22NO3+. The number of hydrogen-bond donors (Lipinski definition) is 0. The van der Waals surface area contributed by atoms with Gasteiger partial charge in [-0.3, -0.25) is 0 Å². The number of carbonyl (C=O) groups is 1. The zero-order valence-corrected chi connectivity index (χ0v) is 15.6. The Morgan fingerprint density at radius 2 is 1.54 bits per heavy atom. The van der Waals surface area contributed by atoms with E-state index in [2.05, 4.69) is 18.9 Å². The minimum Gasteiger partial charge on any atom is -0.486 e. The van der Waals surface area contributed by atoms with Gasteiger partial charge in [-0.2, -0.15) is 4.58 Å². The van der Waals surface area contributed by atoms with Crippen LogP contribution in [0.1, 0.15) is 5.56 Å². The van der Waals surface area contributed by atoms with Crippen molar-refractivity contribution in [3.8, 4) is 22.6 Å². The molecule has 1 unspecified atom stereocenters. The third-order valence-electron chi connectivity index (χ3n) is 4.76. The Morgan fingerprint density at radius 3 is 2.29 bits per heavy atom. The average Bonchev–Trinajstić information content (AvgIpc) is 2.75. The lowest BCUT2D eigenvalue weighted by Gasteiger charge is -2.24. The van der Waals surface area contributed by atoms with Crippen molar-refractivity contribution in [3.63, 3.8) is 0 Å². The number of nitrogens with zero attached hydrogens (tertiary/aromatic N) is 1.